The maximum Gasteiger partial charge on any atom is 0.219 e. The Morgan fingerprint density at radius 1 is 1.14 bits per heavy atom. The van der Waals surface area contributed by atoms with Crippen molar-refractivity contribution in [2.75, 3.05) is 13.1 Å². The number of para-hydroxylation sites is 1. The molecule has 22 heavy (non-hydrogen) atoms. The highest BCUT2D eigenvalue weighted by atomic mass is 16.5. The molecular weight excluding hydrogens is 276 g/mol. The number of fused-ring (bicyclic) bond motifs is 1. The number of rotatable bonds is 1. The van der Waals surface area contributed by atoms with Gasteiger partial charge in [0.1, 0.15) is 17.4 Å². The smallest absolute Gasteiger partial charge is 0.219 e. The molecule has 4 nitrogen and oxygen atoms in total. The first-order valence-corrected chi connectivity index (χ1v) is 7.85. The zero-order valence-electron chi connectivity index (χ0n) is 12.7. The lowest BCUT2D eigenvalue weighted by molar-refractivity contribution is -0.132. The standard InChI is InChI=1S/C18H20N2O2/c1-14(21)19-12-8-18(9-13-19)17(20-10-4-5-11-20)15-6-2-3-7-16(15)22-18/h2-7,10-11,17H,8-9,12-13H2,1H3/t17-/m0/s1. The Balaban J connectivity index is 1.72. The van der Waals surface area contributed by atoms with Crippen molar-refractivity contribution in [2.45, 2.75) is 31.4 Å². The number of benzene rings is 1. The highest BCUT2D eigenvalue weighted by molar-refractivity contribution is 5.73. The average molecular weight is 296 g/mol. The van der Waals surface area contributed by atoms with Gasteiger partial charge >= 0.3 is 0 Å². The molecule has 0 aliphatic carbocycles. The van der Waals surface area contributed by atoms with Crippen molar-refractivity contribution in [2.24, 2.45) is 0 Å². The fourth-order valence-corrected chi connectivity index (χ4v) is 3.89. The largest absolute Gasteiger partial charge is 0.484 e. The number of ether oxygens (including phenoxy) is 1. The van der Waals surface area contributed by atoms with Crippen LogP contribution in [-0.4, -0.2) is 34.1 Å². The molecule has 2 aliphatic rings. The van der Waals surface area contributed by atoms with Gasteiger partial charge < -0.3 is 14.2 Å². The van der Waals surface area contributed by atoms with Gasteiger partial charge in [-0.3, -0.25) is 4.79 Å². The molecule has 0 bridgehead atoms. The number of carbonyl (C=O) groups is 1. The number of carbonyl (C=O) groups excluding carboxylic acids is 1. The molecule has 1 fully saturated rings. The van der Waals surface area contributed by atoms with Crippen LogP contribution in [-0.2, 0) is 4.79 Å². The van der Waals surface area contributed by atoms with E-state index in [1.807, 2.05) is 11.0 Å². The Bertz CT molecular complexity index is 685. The molecule has 1 aromatic carbocycles. The molecule has 1 atom stereocenters. The summed E-state index contributed by atoms with van der Waals surface area (Å²) in [5.74, 6) is 1.14. The first-order chi connectivity index (χ1) is 10.7. The Labute approximate surface area is 130 Å². The molecule has 1 saturated heterocycles. The van der Waals surface area contributed by atoms with Crippen molar-refractivity contribution in [3.63, 3.8) is 0 Å². The van der Waals surface area contributed by atoms with Crippen LogP contribution in [0.2, 0.25) is 0 Å². The molecule has 2 aliphatic heterocycles. The Hall–Kier alpha value is -2.23. The summed E-state index contributed by atoms with van der Waals surface area (Å²) in [6, 6.07) is 12.6. The van der Waals surface area contributed by atoms with Crippen LogP contribution < -0.4 is 4.74 Å². The van der Waals surface area contributed by atoms with E-state index in [4.69, 9.17) is 4.74 Å². The van der Waals surface area contributed by atoms with E-state index < -0.39 is 0 Å². The molecule has 3 heterocycles. The Morgan fingerprint density at radius 2 is 1.82 bits per heavy atom. The predicted molar refractivity (Wildman–Crippen MR) is 83.9 cm³/mol. The quantitative estimate of drug-likeness (QED) is 0.811. The summed E-state index contributed by atoms with van der Waals surface area (Å²) in [5.41, 5.74) is 1.00. The highest BCUT2D eigenvalue weighted by Gasteiger charge is 2.50. The summed E-state index contributed by atoms with van der Waals surface area (Å²) in [7, 11) is 0. The van der Waals surface area contributed by atoms with Gasteiger partial charge in [-0.05, 0) is 18.2 Å². The molecule has 1 amide bonds. The number of likely N-dealkylation sites (tertiary alicyclic amines) is 1. The lowest BCUT2D eigenvalue weighted by atomic mass is 9.82. The van der Waals surface area contributed by atoms with E-state index in [0.717, 1.165) is 31.7 Å². The SMILES string of the molecule is CC(=O)N1CCC2(CC1)Oc1ccccc1[C@@H]2n1cccc1. The predicted octanol–water partition coefficient (Wildman–Crippen LogP) is 2.85. The average Bonchev–Trinajstić information content (AvgIpc) is 3.12. The number of aromatic nitrogens is 1. The van der Waals surface area contributed by atoms with E-state index in [-0.39, 0.29) is 17.6 Å². The van der Waals surface area contributed by atoms with Gasteiger partial charge in [-0.2, -0.15) is 0 Å². The van der Waals surface area contributed by atoms with Crippen molar-refractivity contribution in [3.05, 3.63) is 54.4 Å². The fraction of sp³-hybridized carbons (Fsp3) is 0.389. The minimum Gasteiger partial charge on any atom is -0.484 e. The van der Waals surface area contributed by atoms with E-state index in [9.17, 15) is 4.79 Å². The van der Waals surface area contributed by atoms with Gasteiger partial charge in [-0.15, -0.1) is 0 Å². The van der Waals surface area contributed by atoms with Gasteiger partial charge in [0.05, 0.1) is 0 Å². The van der Waals surface area contributed by atoms with Gasteiger partial charge in [0.15, 0.2) is 0 Å². The molecule has 1 spiro atoms. The Morgan fingerprint density at radius 3 is 2.50 bits per heavy atom. The third-order valence-corrected chi connectivity index (χ3v) is 5.01. The van der Waals surface area contributed by atoms with Crippen LogP contribution in [0.25, 0.3) is 0 Å². The van der Waals surface area contributed by atoms with Crippen LogP contribution in [0.3, 0.4) is 0 Å². The van der Waals surface area contributed by atoms with Crippen LogP contribution in [0, 0.1) is 0 Å². The second-order valence-corrected chi connectivity index (χ2v) is 6.24. The molecule has 1 aromatic heterocycles. The summed E-state index contributed by atoms with van der Waals surface area (Å²) in [6.07, 6.45) is 5.94. The highest BCUT2D eigenvalue weighted by Crippen LogP contribution is 2.50. The third-order valence-electron chi connectivity index (χ3n) is 5.01. The zero-order valence-corrected chi connectivity index (χ0v) is 12.7. The van der Waals surface area contributed by atoms with Gasteiger partial charge in [0, 0.05) is 50.8 Å². The summed E-state index contributed by atoms with van der Waals surface area (Å²) in [6.45, 7) is 3.17. The van der Waals surface area contributed by atoms with Crippen LogP contribution in [0.15, 0.2) is 48.8 Å². The second-order valence-electron chi connectivity index (χ2n) is 6.24. The van der Waals surface area contributed by atoms with Crippen LogP contribution in [0.5, 0.6) is 5.75 Å². The molecule has 0 unspecified atom stereocenters. The first kappa shape index (κ1) is 13.4. The van der Waals surface area contributed by atoms with Gasteiger partial charge in [0.25, 0.3) is 0 Å². The minimum absolute atomic E-state index is 0.155. The van der Waals surface area contributed by atoms with Gasteiger partial charge in [0.2, 0.25) is 5.91 Å². The monoisotopic (exact) mass is 296 g/mol. The van der Waals surface area contributed by atoms with E-state index in [1.54, 1.807) is 6.92 Å². The topological polar surface area (TPSA) is 34.5 Å². The Kier molecular flexibility index (Phi) is 2.99. The summed E-state index contributed by atoms with van der Waals surface area (Å²) >= 11 is 0. The van der Waals surface area contributed by atoms with Gasteiger partial charge in [-0.1, -0.05) is 18.2 Å². The van der Waals surface area contributed by atoms with Crippen molar-refractivity contribution in [3.8, 4) is 5.75 Å². The third kappa shape index (κ3) is 1.94. The van der Waals surface area contributed by atoms with Crippen molar-refractivity contribution < 1.29 is 9.53 Å². The number of hydrogen-bond acceptors (Lipinski definition) is 2. The minimum atomic E-state index is -0.241. The molecule has 2 aromatic rings. The molecular formula is C18H20N2O2. The number of piperidine rings is 1. The number of amides is 1. The lowest BCUT2D eigenvalue weighted by Crippen LogP contribution is -2.51. The molecule has 0 radical (unpaired) electrons. The molecule has 4 heteroatoms. The van der Waals surface area contributed by atoms with Gasteiger partial charge in [-0.25, -0.2) is 0 Å². The fourth-order valence-electron chi connectivity index (χ4n) is 3.89. The summed E-state index contributed by atoms with van der Waals surface area (Å²) in [5, 5.41) is 0. The van der Waals surface area contributed by atoms with Crippen molar-refractivity contribution >= 4 is 5.91 Å². The molecule has 4 rings (SSSR count). The normalized spacial score (nSPS) is 22.4. The van der Waals surface area contributed by atoms with E-state index in [0.29, 0.717) is 0 Å². The zero-order chi connectivity index (χ0) is 15.2. The summed E-state index contributed by atoms with van der Waals surface area (Å²) in [4.78, 5) is 13.5. The first-order valence-electron chi connectivity index (χ1n) is 7.85. The van der Waals surface area contributed by atoms with Crippen LogP contribution in [0.4, 0.5) is 0 Å². The maximum absolute atomic E-state index is 11.6. The van der Waals surface area contributed by atoms with E-state index in [2.05, 4.69) is 47.3 Å². The van der Waals surface area contributed by atoms with E-state index >= 15 is 0 Å². The second kappa shape index (κ2) is 4.90. The van der Waals surface area contributed by atoms with Crippen LogP contribution in [0.1, 0.15) is 31.4 Å². The van der Waals surface area contributed by atoms with Crippen molar-refractivity contribution in [1.29, 1.82) is 0 Å². The maximum atomic E-state index is 11.6. The lowest BCUT2D eigenvalue weighted by Gasteiger charge is -2.42. The molecule has 0 N–H and O–H groups in total. The summed E-state index contributed by atoms with van der Waals surface area (Å²) < 4.78 is 8.69. The van der Waals surface area contributed by atoms with Crippen LogP contribution >= 0.6 is 0 Å². The molecule has 0 saturated carbocycles. The number of hydrogen-bond donors (Lipinski definition) is 0. The van der Waals surface area contributed by atoms with Crippen molar-refractivity contribution in [1.82, 2.24) is 9.47 Å². The number of nitrogens with zero attached hydrogens (tertiary/aromatic N) is 2. The molecule has 114 valence electrons. The van der Waals surface area contributed by atoms with E-state index in [1.165, 1.54) is 5.56 Å².